The average Bonchev–Trinajstić information content (AvgIpc) is 2.48. The number of isocyanates is 1. The molecule has 0 saturated carbocycles. The minimum absolute atomic E-state index is 0.674. The van der Waals surface area contributed by atoms with E-state index in [9.17, 15) is 4.79 Å². The van der Waals surface area contributed by atoms with Crippen LogP contribution in [-0.4, -0.2) is 6.08 Å². The lowest BCUT2D eigenvalue weighted by atomic mass is 9.96. The third kappa shape index (κ3) is 2.13. The molecule has 0 unspecified atom stereocenters. The first-order chi connectivity index (χ1) is 9.79. The molecule has 0 heterocycles. The van der Waals surface area contributed by atoms with E-state index < -0.39 is 0 Å². The van der Waals surface area contributed by atoms with Crippen molar-refractivity contribution in [2.75, 3.05) is 0 Å². The minimum Gasteiger partial charge on any atom is -0.211 e. The summed E-state index contributed by atoms with van der Waals surface area (Å²) in [5.74, 6) is 0. The SMILES string of the molecule is Cc1cc(N=C=O)c2cccc(-c3ccccc3)c2c1. The molecule has 96 valence electrons. The van der Waals surface area contributed by atoms with Gasteiger partial charge in [-0.1, -0.05) is 54.6 Å². The third-order valence-corrected chi connectivity index (χ3v) is 3.37. The first-order valence-electron chi connectivity index (χ1n) is 6.46. The van der Waals surface area contributed by atoms with Gasteiger partial charge in [-0.3, -0.25) is 0 Å². The number of carbonyl (C=O) groups excluding carboxylic acids is 1. The maximum atomic E-state index is 10.6. The number of rotatable bonds is 2. The molecule has 2 heteroatoms. The quantitative estimate of drug-likeness (QED) is 0.481. The molecule has 0 aliphatic rings. The van der Waals surface area contributed by atoms with Crippen LogP contribution in [0.3, 0.4) is 0 Å². The smallest absolute Gasteiger partial charge is 0.211 e. The van der Waals surface area contributed by atoms with Crippen molar-refractivity contribution in [2.24, 2.45) is 4.99 Å². The Labute approximate surface area is 117 Å². The second kappa shape index (κ2) is 5.12. The topological polar surface area (TPSA) is 29.4 Å². The maximum Gasteiger partial charge on any atom is 0.240 e. The first kappa shape index (κ1) is 12.3. The second-order valence-corrected chi connectivity index (χ2v) is 4.75. The summed E-state index contributed by atoms with van der Waals surface area (Å²) >= 11 is 0. The van der Waals surface area contributed by atoms with Crippen LogP contribution >= 0.6 is 0 Å². The zero-order valence-electron chi connectivity index (χ0n) is 11.1. The van der Waals surface area contributed by atoms with E-state index in [0.717, 1.165) is 27.5 Å². The van der Waals surface area contributed by atoms with E-state index in [2.05, 4.69) is 29.3 Å². The normalized spacial score (nSPS) is 10.2. The summed E-state index contributed by atoms with van der Waals surface area (Å²) in [4.78, 5) is 14.4. The number of hydrogen-bond donors (Lipinski definition) is 0. The van der Waals surface area contributed by atoms with Crippen molar-refractivity contribution >= 4 is 22.5 Å². The predicted molar refractivity (Wildman–Crippen MR) is 81.9 cm³/mol. The highest BCUT2D eigenvalue weighted by Gasteiger charge is 2.07. The lowest BCUT2D eigenvalue weighted by molar-refractivity contribution is 0.565. The molecule has 0 radical (unpaired) electrons. The largest absolute Gasteiger partial charge is 0.240 e. The van der Waals surface area contributed by atoms with Gasteiger partial charge < -0.3 is 0 Å². The van der Waals surface area contributed by atoms with Gasteiger partial charge in [-0.2, -0.15) is 4.99 Å². The highest BCUT2D eigenvalue weighted by Crippen LogP contribution is 2.34. The van der Waals surface area contributed by atoms with Gasteiger partial charge in [0.15, 0.2) is 0 Å². The van der Waals surface area contributed by atoms with E-state index in [-0.39, 0.29) is 0 Å². The van der Waals surface area contributed by atoms with Crippen molar-refractivity contribution in [2.45, 2.75) is 6.92 Å². The molecule has 0 N–H and O–H groups in total. The summed E-state index contributed by atoms with van der Waals surface area (Å²) in [5.41, 5.74) is 4.06. The van der Waals surface area contributed by atoms with Gasteiger partial charge in [0.25, 0.3) is 0 Å². The highest BCUT2D eigenvalue weighted by atomic mass is 16.1. The van der Waals surface area contributed by atoms with Gasteiger partial charge in [0.05, 0.1) is 5.69 Å². The predicted octanol–water partition coefficient (Wildman–Crippen LogP) is 4.78. The van der Waals surface area contributed by atoms with Crippen LogP contribution in [0.15, 0.2) is 65.7 Å². The van der Waals surface area contributed by atoms with Gasteiger partial charge in [0, 0.05) is 5.39 Å². The Bertz CT molecular complexity index is 815. The van der Waals surface area contributed by atoms with Crippen LogP contribution in [0.1, 0.15) is 5.56 Å². The van der Waals surface area contributed by atoms with E-state index >= 15 is 0 Å². The average molecular weight is 259 g/mol. The molecule has 0 atom stereocenters. The van der Waals surface area contributed by atoms with E-state index in [1.54, 1.807) is 6.08 Å². The Morgan fingerprint density at radius 3 is 2.45 bits per heavy atom. The molecule has 0 aliphatic heterocycles. The van der Waals surface area contributed by atoms with Gasteiger partial charge in [-0.15, -0.1) is 0 Å². The van der Waals surface area contributed by atoms with Crippen LogP contribution in [0.5, 0.6) is 0 Å². The zero-order chi connectivity index (χ0) is 13.9. The fourth-order valence-corrected chi connectivity index (χ4v) is 2.52. The van der Waals surface area contributed by atoms with Gasteiger partial charge >= 0.3 is 0 Å². The summed E-state index contributed by atoms with van der Waals surface area (Å²) in [6.07, 6.45) is 1.64. The molecule has 0 fully saturated rings. The molecule has 0 amide bonds. The third-order valence-electron chi connectivity index (χ3n) is 3.37. The van der Waals surface area contributed by atoms with Crippen LogP contribution in [0.25, 0.3) is 21.9 Å². The number of aryl methyl sites for hydroxylation is 1. The van der Waals surface area contributed by atoms with Crippen LogP contribution in [0.2, 0.25) is 0 Å². The van der Waals surface area contributed by atoms with Gasteiger partial charge in [-0.25, -0.2) is 4.79 Å². The molecule has 2 nitrogen and oxygen atoms in total. The molecule has 0 aromatic heterocycles. The Balaban J connectivity index is 2.38. The zero-order valence-corrected chi connectivity index (χ0v) is 11.1. The van der Waals surface area contributed by atoms with E-state index in [4.69, 9.17) is 0 Å². The minimum atomic E-state index is 0.674. The number of fused-ring (bicyclic) bond motifs is 1. The summed E-state index contributed by atoms with van der Waals surface area (Å²) in [6.45, 7) is 2.00. The van der Waals surface area contributed by atoms with Crippen molar-refractivity contribution in [1.82, 2.24) is 0 Å². The van der Waals surface area contributed by atoms with Crippen LogP contribution in [-0.2, 0) is 4.79 Å². The number of aliphatic imine (C=N–C) groups is 1. The molecule has 3 aromatic rings. The van der Waals surface area contributed by atoms with E-state index in [1.165, 1.54) is 0 Å². The molecule has 0 spiro atoms. The molecule has 0 bridgehead atoms. The number of benzene rings is 3. The van der Waals surface area contributed by atoms with Crippen LogP contribution in [0, 0.1) is 6.92 Å². The number of hydrogen-bond acceptors (Lipinski definition) is 2. The lowest BCUT2D eigenvalue weighted by Gasteiger charge is -2.09. The van der Waals surface area contributed by atoms with Gasteiger partial charge in [0.1, 0.15) is 0 Å². The summed E-state index contributed by atoms with van der Waals surface area (Å²) in [5, 5.41) is 2.08. The van der Waals surface area contributed by atoms with Crippen LogP contribution < -0.4 is 0 Å². The maximum absolute atomic E-state index is 10.6. The monoisotopic (exact) mass is 259 g/mol. The van der Waals surface area contributed by atoms with Crippen molar-refractivity contribution in [3.05, 3.63) is 66.2 Å². The highest BCUT2D eigenvalue weighted by molar-refractivity contribution is 6.03. The molecule has 0 aliphatic carbocycles. The van der Waals surface area contributed by atoms with Crippen molar-refractivity contribution in [3.8, 4) is 11.1 Å². The van der Waals surface area contributed by atoms with Gasteiger partial charge in [-0.05, 0) is 35.1 Å². The summed E-state index contributed by atoms with van der Waals surface area (Å²) in [7, 11) is 0. The summed E-state index contributed by atoms with van der Waals surface area (Å²) < 4.78 is 0. The fourth-order valence-electron chi connectivity index (χ4n) is 2.52. The van der Waals surface area contributed by atoms with Crippen LogP contribution in [0.4, 0.5) is 5.69 Å². The van der Waals surface area contributed by atoms with Crippen molar-refractivity contribution in [3.63, 3.8) is 0 Å². The van der Waals surface area contributed by atoms with E-state index in [0.29, 0.717) is 5.69 Å². The Kier molecular flexibility index (Phi) is 3.16. The number of nitrogens with zero attached hydrogens (tertiary/aromatic N) is 1. The second-order valence-electron chi connectivity index (χ2n) is 4.75. The molecular formula is C18H13NO. The molecule has 3 aromatic carbocycles. The standard InChI is InChI=1S/C18H13NO/c1-13-10-17-15(14-6-3-2-4-7-14)8-5-9-16(17)18(11-13)19-12-20/h2-11H,1H3. The van der Waals surface area contributed by atoms with Gasteiger partial charge in [0.2, 0.25) is 6.08 Å². The van der Waals surface area contributed by atoms with Crippen molar-refractivity contribution in [1.29, 1.82) is 0 Å². The fraction of sp³-hybridized carbons (Fsp3) is 0.0556. The molecule has 20 heavy (non-hydrogen) atoms. The molecular weight excluding hydrogens is 246 g/mol. The Hall–Kier alpha value is -2.70. The Morgan fingerprint density at radius 2 is 1.70 bits per heavy atom. The lowest BCUT2D eigenvalue weighted by Crippen LogP contribution is -1.83. The van der Waals surface area contributed by atoms with Crippen molar-refractivity contribution < 1.29 is 4.79 Å². The Morgan fingerprint density at radius 1 is 0.900 bits per heavy atom. The molecule has 0 saturated heterocycles. The summed E-state index contributed by atoms with van der Waals surface area (Å²) in [6, 6.07) is 20.3. The first-order valence-corrected chi connectivity index (χ1v) is 6.46. The molecule has 3 rings (SSSR count). The van der Waals surface area contributed by atoms with E-state index in [1.807, 2.05) is 43.3 Å².